The number of unbranched alkanes of at least 4 members (excludes halogenated alkanes) is 5. The molecule has 2 aliphatic rings. The fraction of sp³-hybridized carbons (Fsp3) is 0.700. The summed E-state index contributed by atoms with van der Waals surface area (Å²) in [5.74, 6) is 0.824. The van der Waals surface area contributed by atoms with Crippen molar-refractivity contribution in [3.8, 4) is 11.5 Å². The van der Waals surface area contributed by atoms with Crippen LogP contribution in [0.15, 0.2) is 24.3 Å². The molecule has 2 saturated heterocycles. The first-order valence-corrected chi connectivity index (χ1v) is 9.51. The van der Waals surface area contributed by atoms with Gasteiger partial charge in [-0.05, 0) is 18.6 Å². The number of epoxide rings is 2. The maximum Gasteiger partial charge on any atom is 0.160 e. The Kier molecular flexibility index (Phi) is 9.70. The van der Waals surface area contributed by atoms with E-state index in [9.17, 15) is 5.11 Å². The zero-order chi connectivity index (χ0) is 17.7. The smallest absolute Gasteiger partial charge is 0.160 e. The zero-order valence-electron chi connectivity index (χ0n) is 15.3. The highest BCUT2D eigenvalue weighted by molar-refractivity contribution is 5.37. The highest BCUT2D eigenvalue weighted by Crippen LogP contribution is 2.24. The fourth-order valence-corrected chi connectivity index (χ4v) is 2.30. The Morgan fingerprint density at radius 3 is 2.16 bits per heavy atom. The van der Waals surface area contributed by atoms with Crippen molar-refractivity contribution < 1.29 is 24.1 Å². The second kappa shape index (κ2) is 12.1. The lowest BCUT2D eigenvalue weighted by Gasteiger charge is -2.07. The number of aromatic hydroxyl groups is 1. The summed E-state index contributed by atoms with van der Waals surface area (Å²) in [4.78, 5) is 0. The Morgan fingerprint density at radius 1 is 0.960 bits per heavy atom. The van der Waals surface area contributed by atoms with Gasteiger partial charge in [0.1, 0.15) is 12.2 Å². The summed E-state index contributed by atoms with van der Waals surface area (Å²) in [6.07, 6.45) is 8.30. The van der Waals surface area contributed by atoms with Crippen molar-refractivity contribution in [3.63, 3.8) is 0 Å². The van der Waals surface area contributed by atoms with Crippen molar-refractivity contribution in [1.82, 2.24) is 0 Å². The largest absolute Gasteiger partial charge is 0.504 e. The minimum Gasteiger partial charge on any atom is -0.504 e. The molecule has 2 unspecified atom stereocenters. The van der Waals surface area contributed by atoms with Crippen molar-refractivity contribution >= 4 is 0 Å². The molecule has 3 rings (SSSR count). The molecule has 5 heteroatoms. The van der Waals surface area contributed by atoms with Crippen LogP contribution in [0.4, 0.5) is 0 Å². The normalized spacial score (nSPS) is 20.5. The molecule has 2 aliphatic heterocycles. The number of para-hydroxylation sites is 2. The van der Waals surface area contributed by atoms with Crippen LogP contribution >= 0.6 is 0 Å². The van der Waals surface area contributed by atoms with Gasteiger partial charge in [-0.25, -0.2) is 0 Å². The average molecular weight is 352 g/mol. The van der Waals surface area contributed by atoms with Crippen molar-refractivity contribution in [1.29, 1.82) is 0 Å². The zero-order valence-corrected chi connectivity index (χ0v) is 15.3. The summed E-state index contributed by atoms with van der Waals surface area (Å²) in [5, 5.41) is 9.46. The summed E-state index contributed by atoms with van der Waals surface area (Å²) in [5.41, 5.74) is 0. The van der Waals surface area contributed by atoms with Crippen LogP contribution in [0.1, 0.15) is 45.4 Å². The minimum atomic E-state index is 0.230. The molecular formula is C20H32O5. The molecule has 0 saturated carbocycles. The predicted octanol–water partition coefficient (Wildman–Crippen LogP) is 3.93. The van der Waals surface area contributed by atoms with Gasteiger partial charge in [-0.15, -0.1) is 0 Å². The van der Waals surface area contributed by atoms with Crippen LogP contribution in [0.25, 0.3) is 0 Å². The molecule has 25 heavy (non-hydrogen) atoms. The van der Waals surface area contributed by atoms with Crippen LogP contribution in [0.2, 0.25) is 0 Å². The molecule has 5 nitrogen and oxygen atoms in total. The lowest BCUT2D eigenvalue weighted by Crippen LogP contribution is -2.06. The number of phenolic OH excluding ortho intramolecular Hbond substituents is 1. The molecular weight excluding hydrogens is 320 g/mol. The molecule has 1 aromatic rings. The molecule has 0 amide bonds. The van der Waals surface area contributed by atoms with E-state index in [1.54, 1.807) is 18.2 Å². The molecule has 0 radical (unpaired) electrons. The van der Waals surface area contributed by atoms with Crippen LogP contribution in [0.3, 0.4) is 0 Å². The van der Waals surface area contributed by atoms with E-state index < -0.39 is 0 Å². The van der Waals surface area contributed by atoms with Gasteiger partial charge < -0.3 is 24.1 Å². The van der Waals surface area contributed by atoms with E-state index in [4.69, 9.17) is 18.9 Å². The van der Waals surface area contributed by atoms with Crippen LogP contribution in [0.5, 0.6) is 11.5 Å². The van der Waals surface area contributed by atoms with Gasteiger partial charge >= 0.3 is 0 Å². The highest BCUT2D eigenvalue weighted by atomic mass is 16.6. The second-order valence-corrected chi connectivity index (χ2v) is 6.53. The molecule has 0 aliphatic carbocycles. The van der Waals surface area contributed by atoms with Gasteiger partial charge in [0.15, 0.2) is 11.5 Å². The average Bonchev–Trinajstić information content (AvgIpc) is 3.52. The quantitative estimate of drug-likeness (QED) is 0.456. The predicted molar refractivity (Wildman–Crippen MR) is 97.3 cm³/mol. The Hall–Kier alpha value is -1.30. The SMILES string of the molecule is C(OCC1CO1)C1CO1.CCCCCCCCOc1ccccc1O. The number of phenols is 1. The van der Waals surface area contributed by atoms with Crippen molar-refractivity contribution in [2.75, 3.05) is 33.0 Å². The van der Waals surface area contributed by atoms with Crippen LogP contribution in [-0.4, -0.2) is 50.3 Å². The van der Waals surface area contributed by atoms with Gasteiger partial charge in [0, 0.05) is 0 Å². The van der Waals surface area contributed by atoms with E-state index in [-0.39, 0.29) is 5.75 Å². The second-order valence-electron chi connectivity index (χ2n) is 6.53. The summed E-state index contributed by atoms with van der Waals surface area (Å²) < 4.78 is 20.6. The lowest BCUT2D eigenvalue weighted by atomic mass is 10.1. The Bertz CT molecular complexity index is 445. The molecule has 1 N–H and O–H groups in total. The van der Waals surface area contributed by atoms with E-state index in [2.05, 4.69) is 6.92 Å². The van der Waals surface area contributed by atoms with Gasteiger partial charge in [-0.2, -0.15) is 0 Å². The third-order valence-electron chi connectivity index (χ3n) is 4.03. The summed E-state index contributed by atoms with van der Waals surface area (Å²) in [7, 11) is 0. The van der Waals surface area contributed by atoms with Gasteiger partial charge in [-0.3, -0.25) is 0 Å². The maximum atomic E-state index is 9.46. The first-order valence-electron chi connectivity index (χ1n) is 9.51. The van der Waals surface area contributed by atoms with E-state index in [0.717, 1.165) is 32.8 Å². The summed E-state index contributed by atoms with van der Waals surface area (Å²) >= 11 is 0. The summed E-state index contributed by atoms with van der Waals surface area (Å²) in [6, 6.07) is 7.12. The van der Waals surface area contributed by atoms with Crippen LogP contribution < -0.4 is 4.74 Å². The first-order chi connectivity index (χ1) is 12.3. The monoisotopic (exact) mass is 352 g/mol. The number of rotatable bonds is 12. The lowest BCUT2D eigenvalue weighted by molar-refractivity contribution is 0.102. The third-order valence-corrected chi connectivity index (χ3v) is 4.03. The molecule has 2 heterocycles. The fourth-order valence-electron chi connectivity index (χ4n) is 2.30. The number of hydrogen-bond donors (Lipinski definition) is 1. The number of benzene rings is 1. The molecule has 0 bridgehead atoms. The van der Waals surface area contributed by atoms with Crippen molar-refractivity contribution in [2.45, 2.75) is 57.7 Å². The molecule has 0 aromatic heterocycles. The Balaban J connectivity index is 0.000000208. The topological polar surface area (TPSA) is 63.8 Å². The van der Waals surface area contributed by atoms with Gasteiger partial charge in [0.05, 0.1) is 33.0 Å². The first kappa shape index (κ1) is 20.0. The Morgan fingerprint density at radius 2 is 1.56 bits per heavy atom. The molecule has 142 valence electrons. The van der Waals surface area contributed by atoms with Crippen LogP contribution in [0, 0.1) is 0 Å². The maximum absolute atomic E-state index is 9.46. The van der Waals surface area contributed by atoms with Gasteiger partial charge in [0.2, 0.25) is 0 Å². The third kappa shape index (κ3) is 10.3. The van der Waals surface area contributed by atoms with E-state index in [1.165, 1.54) is 32.1 Å². The minimum absolute atomic E-state index is 0.230. The van der Waals surface area contributed by atoms with Gasteiger partial charge in [-0.1, -0.05) is 51.2 Å². The molecule has 2 fully saturated rings. The van der Waals surface area contributed by atoms with Crippen LogP contribution in [-0.2, 0) is 14.2 Å². The number of ether oxygens (including phenoxy) is 4. The standard InChI is InChI=1S/C14H22O2.C6H10O3/c1-2-3-4-5-6-9-12-16-14-11-8-7-10-13(14)15;1(5-3-8-5)7-2-6-4-9-6/h7-8,10-11,15H,2-6,9,12H2,1H3;5-6H,1-4H2. The molecule has 2 atom stereocenters. The van der Waals surface area contributed by atoms with Crippen molar-refractivity contribution in [3.05, 3.63) is 24.3 Å². The van der Waals surface area contributed by atoms with E-state index in [1.807, 2.05) is 6.07 Å². The Labute approximate surface area is 151 Å². The number of hydrogen-bond acceptors (Lipinski definition) is 5. The van der Waals surface area contributed by atoms with E-state index >= 15 is 0 Å². The summed E-state index contributed by atoms with van der Waals surface area (Å²) in [6.45, 7) is 6.18. The molecule has 1 aromatic carbocycles. The van der Waals surface area contributed by atoms with E-state index in [0.29, 0.717) is 24.6 Å². The highest BCUT2D eigenvalue weighted by Gasteiger charge is 2.26. The van der Waals surface area contributed by atoms with Gasteiger partial charge in [0.25, 0.3) is 0 Å². The van der Waals surface area contributed by atoms with Crippen molar-refractivity contribution in [2.24, 2.45) is 0 Å². The molecule has 0 spiro atoms.